The fourth-order valence-corrected chi connectivity index (χ4v) is 2.37. The minimum absolute atomic E-state index is 0.117. The topological polar surface area (TPSA) is 21.3 Å². The number of aryl methyl sites for hydroxylation is 1. The van der Waals surface area contributed by atoms with E-state index in [1.54, 1.807) is 0 Å². The summed E-state index contributed by atoms with van der Waals surface area (Å²) in [7, 11) is 0. The third-order valence-electron chi connectivity index (χ3n) is 3.52. The Kier molecular flexibility index (Phi) is 6.54. The third-order valence-corrected chi connectivity index (χ3v) is 3.52. The van der Waals surface area contributed by atoms with E-state index in [1.807, 2.05) is 0 Å². The van der Waals surface area contributed by atoms with Gasteiger partial charge < -0.3 is 10.1 Å². The van der Waals surface area contributed by atoms with Gasteiger partial charge in [-0.2, -0.15) is 0 Å². The molecule has 1 aromatic carbocycles. The summed E-state index contributed by atoms with van der Waals surface area (Å²) in [5, 5.41) is 3.50. The van der Waals surface area contributed by atoms with Gasteiger partial charge in [0.1, 0.15) is 12.4 Å². The molecule has 0 bridgehead atoms. The van der Waals surface area contributed by atoms with E-state index < -0.39 is 0 Å². The van der Waals surface area contributed by atoms with Gasteiger partial charge >= 0.3 is 0 Å². The lowest BCUT2D eigenvalue weighted by atomic mass is 9.86. The van der Waals surface area contributed by atoms with Gasteiger partial charge in [-0.3, -0.25) is 0 Å². The summed E-state index contributed by atoms with van der Waals surface area (Å²) in [6.45, 7) is 14.9. The molecule has 1 aromatic rings. The van der Waals surface area contributed by atoms with E-state index in [1.165, 1.54) is 24.0 Å². The zero-order valence-electron chi connectivity index (χ0n) is 14.0. The van der Waals surface area contributed by atoms with E-state index in [2.05, 4.69) is 65.1 Å². The molecule has 1 rings (SSSR count). The molecule has 0 spiro atoms. The van der Waals surface area contributed by atoms with Crippen molar-refractivity contribution in [3.63, 3.8) is 0 Å². The highest BCUT2D eigenvalue weighted by molar-refractivity contribution is 5.41. The third kappa shape index (κ3) is 5.54. The number of ether oxygens (including phenoxy) is 1. The quantitative estimate of drug-likeness (QED) is 0.743. The molecule has 20 heavy (non-hydrogen) atoms. The van der Waals surface area contributed by atoms with Gasteiger partial charge in [0.2, 0.25) is 0 Å². The molecule has 0 saturated carbocycles. The molecular weight excluding hydrogens is 246 g/mol. The van der Waals surface area contributed by atoms with E-state index in [-0.39, 0.29) is 5.41 Å². The predicted octanol–water partition coefficient (Wildman–Crippen LogP) is 4.45. The predicted molar refractivity (Wildman–Crippen MR) is 87.7 cm³/mol. The van der Waals surface area contributed by atoms with Crippen LogP contribution in [0.3, 0.4) is 0 Å². The van der Waals surface area contributed by atoms with Crippen LogP contribution in [-0.2, 0) is 5.41 Å². The van der Waals surface area contributed by atoms with Gasteiger partial charge in [0, 0.05) is 12.6 Å². The molecule has 0 heterocycles. The second-order valence-electron chi connectivity index (χ2n) is 6.74. The summed E-state index contributed by atoms with van der Waals surface area (Å²) in [6.07, 6.45) is 2.44. The number of nitrogens with one attached hydrogen (secondary N) is 1. The lowest BCUT2D eigenvalue weighted by molar-refractivity contribution is 0.297. The smallest absolute Gasteiger partial charge is 0.123 e. The summed E-state index contributed by atoms with van der Waals surface area (Å²) < 4.78 is 6.01. The summed E-state index contributed by atoms with van der Waals surface area (Å²) in [6, 6.07) is 7.08. The van der Waals surface area contributed by atoms with Gasteiger partial charge in [0.25, 0.3) is 0 Å². The molecule has 114 valence electrons. The van der Waals surface area contributed by atoms with Crippen LogP contribution in [0.4, 0.5) is 0 Å². The summed E-state index contributed by atoms with van der Waals surface area (Å²) in [5.74, 6) is 1.03. The molecule has 0 aromatic heterocycles. The SMILES string of the molecule is CCCC(C)NCCOc1cc(C)ccc1C(C)(C)C. The lowest BCUT2D eigenvalue weighted by Crippen LogP contribution is -2.30. The van der Waals surface area contributed by atoms with Gasteiger partial charge in [0.05, 0.1) is 0 Å². The highest BCUT2D eigenvalue weighted by atomic mass is 16.5. The van der Waals surface area contributed by atoms with E-state index in [0.29, 0.717) is 6.04 Å². The maximum atomic E-state index is 6.01. The van der Waals surface area contributed by atoms with Crippen molar-refractivity contribution >= 4 is 0 Å². The second-order valence-corrected chi connectivity index (χ2v) is 6.74. The molecule has 1 unspecified atom stereocenters. The highest BCUT2D eigenvalue weighted by Crippen LogP contribution is 2.31. The minimum atomic E-state index is 0.117. The summed E-state index contributed by atoms with van der Waals surface area (Å²) in [5.41, 5.74) is 2.65. The van der Waals surface area contributed by atoms with Crippen LogP contribution in [0.15, 0.2) is 18.2 Å². The molecule has 2 heteroatoms. The summed E-state index contributed by atoms with van der Waals surface area (Å²) in [4.78, 5) is 0. The Hall–Kier alpha value is -1.02. The van der Waals surface area contributed by atoms with E-state index in [4.69, 9.17) is 4.74 Å². The molecule has 1 N–H and O–H groups in total. The molecule has 0 aliphatic carbocycles. The van der Waals surface area contributed by atoms with Crippen molar-refractivity contribution in [1.82, 2.24) is 5.32 Å². The fraction of sp³-hybridized carbons (Fsp3) is 0.667. The fourth-order valence-electron chi connectivity index (χ4n) is 2.37. The van der Waals surface area contributed by atoms with Crippen molar-refractivity contribution in [3.05, 3.63) is 29.3 Å². The normalized spacial score (nSPS) is 13.3. The average molecular weight is 277 g/mol. The molecule has 0 saturated heterocycles. The summed E-state index contributed by atoms with van der Waals surface area (Å²) >= 11 is 0. The molecule has 0 aliphatic rings. The lowest BCUT2D eigenvalue weighted by Gasteiger charge is -2.23. The Balaban J connectivity index is 2.57. The first kappa shape index (κ1) is 17.0. The van der Waals surface area contributed by atoms with Crippen molar-refractivity contribution in [2.45, 2.75) is 65.8 Å². The van der Waals surface area contributed by atoms with Gasteiger partial charge in [-0.15, -0.1) is 0 Å². The largest absolute Gasteiger partial charge is 0.492 e. The van der Waals surface area contributed by atoms with E-state index in [9.17, 15) is 0 Å². The first-order chi connectivity index (χ1) is 9.34. The molecule has 0 aliphatic heterocycles. The van der Waals surface area contributed by atoms with Gasteiger partial charge in [-0.1, -0.05) is 46.2 Å². The molecule has 1 atom stereocenters. The van der Waals surface area contributed by atoms with Crippen LogP contribution in [0.1, 0.15) is 58.6 Å². The minimum Gasteiger partial charge on any atom is -0.492 e. The Bertz CT molecular complexity index is 406. The second kappa shape index (κ2) is 7.68. The number of rotatable bonds is 7. The monoisotopic (exact) mass is 277 g/mol. The Morgan fingerprint density at radius 3 is 2.55 bits per heavy atom. The highest BCUT2D eigenvalue weighted by Gasteiger charge is 2.18. The Morgan fingerprint density at radius 1 is 1.25 bits per heavy atom. The van der Waals surface area contributed by atoms with Crippen molar-refractivity contribution in [2.75, 3.05) is 13.2 Å². The van der Waals surface area contributed by atoms with Gasteiger partial charge in [-0.25, -0.2) is 0 Å². The molecular formula is C18H31NO. The Labute approximate surface area is 124 Å². The number of benzene rings is 1. The van der Waals surface area contributed by atoms with Crippen LogP contribution in [0.5, 0.6) is 5.75 Å². The van der Waals surface area contributed by atoms with Crippen LogP contribution >= 0.6 is 0 Å². The maximum Gasteiger partial charge on any atom is 0.123 e. The zero-order chi connectivity index (χ0) is 15.2. The van der Waals surface area contributed by atoms with Crippen LogP contribution in [0.2, 0.25) is 0 Å². The van der Waals surface area contributed by atoms with Crippen molar-refractivity contribution in [1.29, 1.82) is 0 Å². The Morgan fingerprint density at radius 2 is 1.95 bits per heavy atom. The van der Waals surface area contributed by atoms with E-state index >= 15 is 0 Å². The van der Waals surface area contributed by atoms with Gasteiger partial charge in [0.15, 0.2) is 0 Å². The molecule has 0 amide bonds. The van der Waals surface area contributed by atoms with Crippen molar-refractivity contribution in [3.8, 4) is 5.75 Å². The van der Waals surface area contributed by atoms with Crippen LogP contribution in [0.25, 0.3) is 0 Å². The van der Waals surface area contributed by atoms with E-state index in [0.717, 1.165) is 18.9 Å². The first-order valence-corrected chi connectivity index (χ1v) is 7.82. The van der Waals surface area contributed by atoms with Crippen molar-refractivity contribution < 1.29 is 4.74 Å². The molecule has 0 radical (unpaired) electrons. The molecule has 2 nitrogen and oxygen atoms in total. The number of hydrogen-bond acceptors (Lipinski definition) is 2. The number of hydrogen-bond donors (Lipinski definition) is 1. The van der Waals surface area contributed by atoms with Gasteiger partial charge in [-0.05, 0) is 42.9 Å². The van der Waals surface area contributed by atoms with Crippen LogP contribution in [0, 0.1) is 6.92 Å². The molecule has 0 fully saturated rings. The van der Waals surface area contributed by atoms with Crippen LogP contribution in [-0.4, -0.2) is 19.2 Å². The maximum absolute atomic E-state index is 6.01. The zero-order valence-corrected chi connectivity index (χ0v) is 14.0. The first-order valence-electron chi connectivity index (χ1n) is 7.82. The average Bonchev–Trinajstić information content (AvgIpc) is 2.33. The standard InChI is InChI=1S/C18H31NO/c1-7-8-15(3)19-11-12-20-17-13-14(2)9-10-16(17)18(4,5)6/h9-10,13,15,19H,7-8,11-12H2,1-6H3. The van der Waals surface area contributed by atoms with Crippen LogP contribution < -0.4 is 10.1 Å². The van der Waals surface area contributed by atoms with Crippen molar-refractivity contribution in [2.24, 2.45) is 0 Å².